The zero-order valence-corrected chi connectivity index (χ0v) is 19.2. The molecule has 6 nitrogen and oxygen atoms in total. The zero-order chi connectivity index (χ0) is 26.4. The van der Waals surface area contributed by atoms with Gasteiger partial charge >= 0.3 is 12.4 Å². The Balaban J connectivity index is 1.70. The molecule has 4 rings (SSSR count). The van der Waals surface area contributed by atoms with Gasteiger partial charge in [0.05, 0.1) is 16.8 Å². The molecule has 1 fully saturated rings. The van der Waals surface area contributed by atoms with Gasteiger partial charge in [-0.25, -0.2) is 4.98 Å². The molecule has 192 valence electrons. The summed E-state index contributed by atoms with van der Waals surface area (Å²) in [5.74, 6) is -1.47. The Morgan fingerprint density at radius 3 is 2.36 bits per heavy atom. The molecule has 0 bridgehead atoms. The molecule has 1 unspecified atom stereocenters. The first-order valence-corrected chi connectivity index (χ1v) is 11.2. The van der Waals surface area contributed by atoms with E-state index in [4.69, 9.17) is 0 Å². The summed E-state index contributed by atoms with van der Waals surface area (Å²) < 4.78 is 82.1. The molecule has 0 aliphatic heterocycles. The number of aryl methyl sites for hydroxylation is 2. The summed E-state index contributed by atoms with van der Waals surface area (Å²) in [6, 6.07) is 3.00. The summed E-state index contributed by atoms with van der Waals surface area (Å²) in [6.45, 7) is 3.45. The number of amides is 2. The molecule has 2 aromatic heterocycles. The number of alkyl halides is 6. The highest BCUT2D eigenvalue weighted by Gasteiger charge is 2.43. The van der Waals surface area contributed by atoms with Crippen molar-refractivity contribution in [3.63, 3.8) is 0 Å². The lowest BCUT2D eigenvalue weighted by molar-refractivity contribution is -0.156. The minimum atomic E-state index is -5.06. The molecule has 0 radical (unpaired) electrons. The highest BCUT2D eigenvalue weighted by atomic mass is 19.4. The third kappa shape index (κ3) is 5.17. The van der Waals surface area contributed by atoms with E-state index in [-0.39, 0.29) is 29.8 Å². The molecular formula is C24H22F6N4O2. The van der Waals surface area contributed by atoms with Gasteiger partial charge < -0.3 is 15.2 Å². The Morgan fingerprint density at radius 2 is 1.78 bits per heavy atom. The average Bonchev–Trinajstić information content (AvgIpc) is 3.53. The van der Waals surface area contributed by atoms with Gasteiger partial charge in [-0.15, -0.1) is 0 Å². The number of hydrogen-bond donors (Lipinski definition) is 2. The van der Waals surface area contributed by atoms with Gasteiger partial charge in [0.2, 0.25) is 0 Å². The molecule has 1 aliphatic carbocycles. The quantitative estimate of drug-likeness (QED) is 0.440. The first kappa shape index (κ1) is 25.5. The topological polar surface area (TPSA) is 76.0 Å². The lowest BCUT2D eigenvalue weighted by Gasteiger charge is -2.23. The molecule has 3 aromatic rings. The Morgan fingerprint density at radius 1 is 1.08 bits per heavy atom. The average molecular weight is 512 g/mol. The van der Waals surface area contributed by atoms with Crippen LogP contribution in [0.15, 0.2) is 36.4 Å². The summed E-state index contributed by atoms with van der Waals surface area (Å²) in [7, 11) is 0. The number of fused-ring (bicyclic) bond motifs is 1. The zero-order valence-electron chi connectivity index (χ0n) is 19.2. The molecule has 1 aromatic carbocycles. The van der Waals surface area contributed by atoms with Gasteiger partial charge in [-0.1, -0.05) is 12.1 Å². The predicted molar refractivity (Wildman–Crippen MR) is 118 cm³/mol. The van der Waals surface area contributed by atoms with Crippen LogP contribution in [0.3, 0.4) is 0 Å². The van der Waals surface area contributed by atoms with Gasteiger partial charge in [-0.2, -0.15) is 26.3 Å². The number of rotatable bonds is 6. The molecule has 1 saturated carbocycles. The molecule has 12 heteroatoms. The summed E-state index contributed by atoms with van der Waals surface area (Å²) >= 11 is 0. The van der Waals surface area contributed by atoms with Crippen molar-refractivity contribution in [2.24, 2.45) is 0 Å². The van der Waals surface area contributed by atoms with E-state index >= 15 is 0 Å². The van der Waals surface area contributed by atoms with Crippen LogP contribution in [0.1, 0.15) is 63.5 Å². The summed E-state index contributed by atoms with van der Waals surface area (Å²) in [5, 5.41) is 5.04. The van der Waals surface area contributed by atoms with E-state index in [0.717, 1.165) is 25.0 Å². The third-order valence-electron chi connectivity index (χ3n) is 5.92. The molecule has 36 heavy (non-hydrogen) atoms. The molecule has 2 amide bonds. The van der Waals surface area contributed by atoms with Crippen LogP contribution < -0.4 is 10.6 Å². The molecule has 0 spiro atoms. The van der Waals surface area contributed by atoms with Crippen molar-refractivity contribution in [1.29, 1.82) is 0 Å². The number of nitrogens with one attached hydrogen (secondary N) is 2. The molecular weight excluding hydrogens is 490 g/mol. The van der Waals surface area contributed by atoms with Gasteiger partial charge in [-0.3, -0.25) is 9.59 Å². The van der Waals surface area contributed by atoms with Crippen LogP contribution in [0, 0.1) is 6.92 Å². The monoisotopic (exact) mass is 512 g/mol. The predicted octanol–water partition coefficient (Wildman–Crippen LogP) is 5.31. The Kier molecular flexibility index (Phi) is 6.48. The fraction of sp³-hybridized carbons (Fsp3) is 0.375. The number of carbonyl (C=O) groups is 2. The number of nitrogens with zero attached hydrogens (tertiary/aromatic N) is 2. The maximum Gasteiger partial charge on any atom is 0.416 e. The molecule has 1 atom stereocenters. The second-order valence-corrected chi connectivity index (χ2v) is 8.63. The van der Waals surface area contributed by atoms with Crippen LogP contribution in [-0.4, -0.2) is 33.6 Å². The molecule has 2 N–H and O–H groups in total. The largest absolute Gasteiger partial charge is 0.416 e. The van der Waals surface area contributed by atoms with Crippen molar-refractivity contribution in [2.45, 2.75) is 57.7 Å². The summed E-state index contributed by atoms with van der Waals surface area (Å²) in [5.41, 5.74) is -1.21. The lowest BCUT2D eigenvalue weighted by atomic mass is 10.0. The van der Waals surface area contributed by atoms with Crippen molar-refractivity contribution < 1.29 is 35.9 Å². The van der Waals surface area contributed by atoms with E-state index in [2.05, 4.69) is 10.3 Å². The normalized spacial score (nSPS) is 15.1. The van der Waals surface area contributed by atoms with Crippen molar-refractivity contribution >= 4 is 22.8 Å². The van der Waals surface area contributed by atoms with Crippen LogP contribution in [0.5, 0.6) is 0 Å². The number of halogens is 6. The van der Waals surface area contributed by atoms with Crippen LogP contribution >= 0.6 is 0 Å². The third-order valence-corrected chi connectivity index (χ3v) is 5.92. The summed E-state index contributed by atoms with van der Waals surface area (Å²) in [4.78, 5) is 29.9. The number of benzene rings is 1. The Labute approximate surface area is 201 Å². The second kappa shape index (κ2) is 9.14. The first-order chi connectivity index (χ1) is 16.8. The van der Waals surface area contributed by atoms with Crippen molar-refractivity contribution in [3.05, 3.63) is 64.5 Å². The van der Waals surface area contributed by atoms with Gasteiger partial charge in [0, 0.05) is 18.0 Å². The van der Waals surface area contributed by atoms with E-state index in [1.807, 2.05) is 5.32 Å². The highest BCUT2D eigenvalue weighted by molar-refractivity contribution is 6.02. The van der Waals surface area contributed by atoms with Crippen molar-refractivity contribution in [3.8, 4) is 0 Å². The Hall–Kier alpha value is -3.57. The van der Waals surface area contributed by atoms with Crippen molar-refractivity contribution in [1.82, 2.24) is 20.2 Å². The van der Waals surface area contributed by atoms with Crippen LogP contribution in [0.25, 0.3) is 11.0 Å². The van der Waals surface area contributed by atoms with E-state index < -0.39 is 35.4 Å². The van der Waals surface area contributed by atoms with Gasteiger partial charge in [-0.05, 0) is 56.5 Å². The SMILES string of the molecule is CCn1c(C(=O)NC(c2cccc(C(F)(F)F)c2)C(F)(F)F)cc2cc(C(=O)NC3CC3)c(C)nc21. The fourth-order valence-electron chi connectivity index (χ4n) is 3.95. The van der Waals surface area contributed by atoms with Crippen LogP contribution in [-0.2, 0) is 12.7 Å². The van der Waals surface area contributed by atoms with E-state index in [1.54, 1.807) is 13.8 Å². The van der Waals surface area contributed by atoms with Crippen LogP contribution in [0.4, 0.5) is 26.3 Å². The van der Waals surface area contributed by atoms with E-state index in [9.17, 15) is 35.9 Å². The maximum absolute atomic E-state index is 13.8. The smallest absolute Gasteiger partial charge is 0.349 e. The van der Waals surface area contributed by atoms with Crippen LogP contribution in [0.2, 0.25) is 0 Å². The van der Waals surface area contributed by atoms with Crippen molar-refractivity contribution in [2.75, 3.05) is 0 Å². The Bertz CT molecular complexity index is 1320. The second-order valence-electron chi connectivity index (χ2n) is 8.63. The minimum Gasteiger partial charge on any atom is -0.349 e. The van der Waals surface area contributed by atoms with Gasteiger partial charge in [0.1, 0.15) is 11.3 Å². The fourth-order valence-corrected chi connectivity index (χ4v) is 3.95. The number of aromatic nitrogens is 2. The van der Waals surface area contributed by atoms with E-state index in [0.29, 0.717) is 28.9 Å². The standard InChI is InChI=1S/C24H22F6N4O2/c1-3-34-18(11-14-10-17(12(2)31-20(14)34)21(35)32-16-7-8-16)22(36)33-19(24(28,29)30)13-5-4-6-15(9-13)23(25,26)27/h4-6,9-11,16,19H,3,7-8H2,1-2H3,(H,32,35)(H,33,36). The molecule has 0 saturated heterocycles. The maximum atomic E-state index is 13.8. The highest BCUT2D eigenvalue weighted by Crippen LogP contribution is 2.36. The number of hydrogen-bond acceptors (Lipinski definition) is 3. The number of pyridine rings is 1. The first-order valence-electron chi connectivity index (χ1n) is 11.2. The minimum absolute atomic E-state index is 0.101. The molecule has 1 aliphatic rings. The van der Waals surface area contributed by atoms with E-state index in [1.165, 1.54) is 16.7 Å². The number of carbonyl (C=O) groups excluding carboxylic acids is 2. The lowest BCUT2D eigenvalue weighted by Crippen LogP contribution is -2.39. The summed E-state index contributed by atoms with van der Waals surface area (Å²) in [6.07, 6.45) is -8.16. The molecule has 2 heterocycles. The van der Waals surface area contributed by atoms with Gasteiger partial charge in [0.25, 0.3) is 11.8 Å². The van der Waals surface area contributed by atoms with Gasteiger partial charge in [0.15, 0.2) is 6.04 Å².